The topological polar surface area (TPSA) is 4.93 Å². The summed E-state index contributed by atoms with van der Waals surface area (Å²) in [6.45, 7) is 8.76. The number of benzene rings is 1. The van der Waals surface area contributed by atoms with E-state index in [-0.39, 0.29) is 0 Å². The van der Waals surface area contributed by atoms with E-state index in [1.165, 1.54) is 22.6 Å². The van der Waals surface area contributed by atoms with Gasteiger partial charge >= 0.3 is 0 Å². The smallest absolute Gasteiger partial charge is 0.0457 e. The fraction of sp³-hybridized carbons (Fsp3) is 0.333. The van der Waals surface area contributed by atoms with Crippen LogP contribution in [0.25, 0.3) is 5.69 Å². The predicted octanol–water partition coefficient (Wildman–Crippen LogP) is 4.22. The zero-order valence-corrected chi connectivity index (χ0v) is 10.5. The Morgan fingerprint density at radius 3 is 2.12 bits per heavy atom. The van der Waals surface area contributed by atoms with Gasteiger partial charge in [-0.2, -0.15) is 0 Å². The van der Waals surface area contributed by atoms with E-state index in [0.29, 0.717) is 5.92 Å². The molecule has 0 N–H and O–H groups in total. The van der Waals surface area contributed by atoms with Gasteiger partial charge in [-0.15, -0.1) is 0 Å². The summed E-state index contributed by atoms with van der Waals surface area (Å²) in [6, 6.07) is 13.1. The molecule has 0 atom stereocenters. The van der Waals surface area contributed by atoms with Gasteiger partial charge in [0.1, 0.15) is 0 Å². The first kappa shape index (κ1) is 11.0. The van der Waals surface area contributed by atoms with Gasteiger partial charge in [0.2, 0.25) is 0 Å². The molecule has 0 saturated carbocycles. The second-order valence-corrected chi connectivity index (χ2v) is 4.70. The largest absolute Gasteiger partial charge is 0.319 e. The Labute approximate surface area is 97.7 Å². The maximum absolute atomic E-state index is 2.30. The Hall–Kier alpha value is -1.50. The maximum atomic E-state index is 2.30. The van der Waals surface area contributed by atoms with Gasteiger partial charge in [-0.25, -0.2) is 0 Å². The van der Waals surface area contributed by atoms with Crippen molar-refractivity contribution >= 4 is 0 Å². The van der Waals surface area contributed by atoms with E-state index in [1.54, 1.807) is 0 Å². The number of hydrogen-bond acceptors (Lipinski definition) is 0. The number of aromatic nitrogens is 1. The highest BCUT2D eigenvalue weighted by atomic mass is 15.0. The molecule has 1 heterocycles. The lowest BCUT2D eigenvalue weighted by atomic mass is 10.0. The Morgan fingerprint density at radius 2 is 1.56 bits per heavy atom. The zero-order valence-electron chi connectivity index (χ0n) is 10.5. The third-order valence-electron chi connectivity index (χ3n) is 3.07. The van der Waals surface area contributed by atoms with E-state index in [1.807, 2.05) is 0 Å². The summed E-state index contributed by atoms with van der Waals surface area (Å²) in [5.41, 5.74) is 5.24. The first-order valence-corrected chi connectivity index (χ1v) is 5.85. The van der Waals surface area contributed by atoms with Gasteiger partial charge in [0.05, 0.1) is 0 Å². The van der Waals surface area contributed by atoms with Crippen LogP contribution in [0.1, 0.15) is 36.7 Å². The molecule has 0 spiro atoms. The summed E-state index contributed by atoms with van der Waals surface area (Å²) in [6.07, 6.45) is 0. The summed E-state index contributed by atoms with van der Waals surface area (Å²) in [5.74, 6) is 0.580. The van der Waals surface area contributed by atoms with Crippen molar-refractivity contribution in [2.45, 2.75) is 33.6 Å². The fourth-order valence-corrected chi connectivity index (χ4v) is 2.10. The highest BCUT2D eigenvalue weighted by Gasteiger charge is 2.05. The molecule has 0 radical (unpaired) electrons. The second-order valence-electron chi connectivity index (χ2n) is 4.70. The normalized spacial score (nSPS) is 11.1. The Balaban J connectivity index is 2.52. The average molecular weight is 213 g/mol. The first-order chi connectivity index (χ1) is 7.59. The lowest BCUT2D eigenvalue weighted by Crippen LogP contribution is -1.99. The summed E-state index contributed by atoms with van der Waals surface area (Å²) in [7, 11) is 0. The Kier molecular flexibility index (Phi) is 2.86. The fourth-order valence-electron chi connectivity index (χ4n) is 2.10. The Morgan fingerprint density at radius 1 is 0.938 bits per heavy atom. The van der Waals surface area contributed by atoms with Crippen molar-refractivity contribution in [1.82, 2.24) is 4.57 Å². The highest BCUT2D eigenvalue weighted by Crippen LogP contribution is 2.21. The first-order valence-electron chi connectivity index (χ1n) is 5.85. The van der Waals surface area contributed by atoms with E-state index in [9.17, 15) is 0 Å². The zero-order chi connectivity index (χ0) is 11.7. The molecule has 16 heavy (non-hydrogen) atoms. The third-order valence-corrected chi connectivity index (χ3v) is 3.07. The molecule has 2 aromatic rings. The molecule has 1 aromatic carbocycles. The molecule has 0 amide bonds. The van der Waals surface area contributed by atoms with Gasteiger partial charge in [0.15, 0.2) is 0 Å². The van der Waals surface area contributed by atoms with Crippen molar-refractivity contribution in [2.24, 2.45) is 0 Å². The molecule has 0 saturated heterocycles. The second kappa shape index (κ2) is 4.17. The van der Waals surface area contributed by atoms with E-state index in [2.05, 4.69) is 68.7 Å². The minimum atomic E-state index is 0.580. The Bertz CT molecular complexity index is 472. The minimum Gasteiger partial charge on any atom is -0.319 e. The molecule has 0 bridgehead atoms. The molecular weight excluding hydrogens is 194 g/mol. The predicted molar refractivity (Wildman–Crippen MR) is 69.3 cm³/mol. The molecule has 1 aromatic heterocycles. The van der Waals surface area contributed by atoms with E-state index < -0.39 is 0 Å². The molecule has 1 heteroatoms. The van der Waals surface area contributed by atoms with Crippen LogP contribution in [0.15, 0.2) is 36.4 Å². The monoisotopic (exact) mass is 213 g/mol. The van der Waals surface area contributed by atoms with Gasteiger partial charge in [-0.3, -0.25) is 0 Å². The van der Waals surface area contributed by atoms with Gasteiger partial charge in [0, 0.05) is 17.1 Å². The molecule has 0 aliphatic carbocycles. The lowest BCUT2D eigenvalue weighted by molar-refractivity contribution is 0.859. The number of rotatable bonds is 2. The summed E-state index contributed by atoms with van der Waals surface area (Å²) in [4.78, 5) is 0. The summed E-state index contributed by atoms with van der Waals surface area (Å²) < 4.78 is 2.30. The van der Waals surface area contributed by atoms with Crippen LogP contribution in [-0.4, -0.2) is 4.57 Å². The molecule has 2 rings (SSSR count). The average Bonchev–Trinajstić information content (AvgIpc) is 2.59. The molecule has 84 valence electrons. The maximum Gasteiger partial charge on any atom is 0.0457 e. The molecule has 1 nitrogen and oxygen atoms in total. The minimum absolute atomic E-state index is 0.580. The molecule has 0 aliphatic rings. The summed E-state index contributed by atoms with van der Waals surface area (Å²) in [5, 5.41) is 0. The van der Waals surface area contributed by atoms with Crippen molar-refractivity contribution in [2.75, 3.05) is 0 Å². The molecule has 0 fully saturated rings. The van der Waals surface area contributed by atoms with Crippen LogP contribution in [0.2, 0.25) is 0 Å². The van der Waals surface area contributed by atoms with Crippen LogP contribution in [0.4, 0.5) is 0 Å². The quantitative estimate of drug-likeness (QED) is 0.704. The standard InChI is InChI=1S/C15H19N/c1-11(2)14-6-5-7-15(10-14)16-12(3)8-9-13(16)4/h5-11H,1-4H3. The van der Waals surface area contributed by atoms with Crippen LogP contribution >= 0.6 is 0 Å². The number of nitrogens with zero attached hydrogens (tertiary/aromatic N) is 1. The number of hydrogen-bond donors (Lipinski definition) is 0. The van der Waals surface area contributed by atoms with Crippen molar-refractivity contribution in [3.63, 3.8) is 0 Å². The molecule has 0 unspecified atom stereocenters. The van der Waals surface area contributed by atoms with Gasteiger partial charge in [-0.1, -0.05) is 26.0 Å². The van der Waals surface area contributed by atoms with Crippen molar-refractivity contribution < 1.29 is 0 Å². The van der Waals surface area contributed by atoms with Crippen LogP contribution in [0.3, 0.4) is 0 Å². The van der Waals surface area contributed by atoms with E-state index in [4.69, 9.17) is 0 Å². The summed E-state index contributed by atoms with van der Waals surface area (Å²) >= 11 is 0. The number of aryl methyl sites for hydroxylation is 2. The van der Waals surface area contributed by atoms with Crippen LogP contribution in [0, 0.1) is 13.8 Å². The SMILES string of the molecule is Cc1ccc(C)n1-c1cccc(C(C)C)c1. The van der Waals surface area contributed by atoms with E-state index >= 15 is 0 Å². The van der Waals surface area contributed by atoms with Crippen molar-refractivity contribution in [1.29, 1.82) is 0 Å². The van der Waals surface area contributed by atoms with Crippen molar-refractivity contribution in [3.8, 4) is 5.69 Å². The van der Waals surface area contributed by atoms with Crippen LogP contribution in [-0.2, 0) is 0 Å². The van der Waals surface area contributed by atoms with Gasteiger partial charge in [0.25, 0.3) is 0 Å². The van der Waals surface area contributed by atoms with Crippen molar-refractivity contribution in [3.05, 3.63) is 53.3 Å². The molecule has 0 aliphatic heterocycles. The highest BCUT2D eigenvalue weighted by molar-refractivity contribution is 5.41. The van der Waals surface area contributed by atoms with Gasteiger partial charge in [-0.05, 0) is 49.6 Å². The lowest BCUT2D eigenvalue weighted by Gasteiger charge is -2.12. The van der Waals surface area contributed by atoms with E-state index in [0.717, 1.165) is 0 Å². The third kappa shape index (κ3) is 1.90. The van der Waals surface area contributed by atoms with Crippen LogP contribution < -0.4 is 0 Å². The van der Waals surface area contributed by atoms with Gasteiger partial charge < -0.3 is 4.57 Å². The molecular formula is C15H19N. The van der Waals surface area contributed by atoms with Crippen LogP contribution in [0.5, 0.6) is 0 Å².